The van der Waals surface area contributed by atoms with Crippen LogP contribution >= 0.6 is 11.6 Å². The summed E-state index contributed by atoms with van der Waals surface area (Å²) in [5.41, 5.74) is 0.616. The van der Waals surface area contributed by atoms with Crippen molar-refractivity contribution in [3.05, 3.63) is 28.8 Å². The molecule has 0 aliphatic heterocycles. The number of ether oxygens (including phenoxy) is 1. The van der Waals surface area contributed by atoms with Crippen molar-refractivity contribution in [1.29, 1.82) is 0 Å². The highest BCUT2D eigenvalue weighted by molar-refractivity contribution is 6.33. The van der Waals surface area contributed by atoms with E-state index in [1.54, 1.807) is 6.07 Å². The predicted molar refractivity (Wildman–Crippen MR) is 80.8 cm³/mol. The zero-order valence-electron chi connectivity index (χ0n) is 12.1. The molecule has 1 aromatic carbocycles. The monoisotopic (exact) mass is 314 g/mol. The topological polar surface area (TPSA) is 78.9 Å². The van der Waals surface area contributed by atoms with Crippen LogP contribution in [-0.2, 0) is 4.74 Å². The van der Waals surface area contributed by atoms with Crippen molar-refractivity contribution in [3.8, 4) is 0 Å². The minimum atomic E-state index is -0.572. The van der Waals surface area contributed by atoms with Gasteiger partial charge in [-0.25, -0.2) is 9.59 Å². The standard InChI is InChI=1S/C14H19ClN2O4/c1-3-6-17(7-8-18)14(20)16-10-4-5-12(15)11(9-10)13(19)21-2/h4-5,9,18H,3,6-8H2,1-2H3,(H,16,20). The van der Waals surface area contributed by atoms with Gasteiger partial charge in [0.1, 0.15) is 0 Å². The molecule has 1 aromatic rings. The molecule has 116 valence electrons. The van der Waals surface area contributed by atoms with E-state index in [1.165, 1.54) is 24.1 Å². The Morgan fingerprint density at radius 3 is 2.67 bits per heavy atom. The van der Waals surface area contributed by atoms with Crippen molar-refractivity contribution in [2.45, 2.75) is 13.3 Å². The fourth-order valence-electron chi connectivity index (χ4n) is 1.78. The van der Waals surface area contributed by atoms with Crippen molar-refractivity contribution >= 4 is 29.3 Å². The lowest BCUT2D eigenvalue weighted by Crippen LogP contribution is -2.37. The molecule has 2 N–H and O–H groups in total. The maximum atomic E-state index is 12.1. The number of nitrogens with one attached hydrogen (secondary N) is 1. The summed E-state index contributed by atoms with van der Waals surface area (Å²) < 4.78 is 4.62. The third kappa shape index (κ3) is 4.91. The van der Waals surface area contributed by atoms with Crippen LogP contribution in [0.3, 0.4) is 0 Å². The number of carbonyl (C=O) groups excluding carboxylic acids is 2. The number of urea groups is 1. The second-order valence-corrected chi connectivity index (χ2v) is 4.73. The molecule has 0 aromatic heterocycles. The third-order valence-electron chi connectivity index (χ3n) is 2.77. The Bertz CT molecular complexity index is 502. The van der Waals surface area contributed by atoms with Gasteiger partial charge in [-0.15, -0.1) is 0 Å². The lowest BCUT2D eigenvalue weighted by atomic mass is 10.2. The smallest absolute Gasteiger partial charge is 0.339 e. The lowest BCUT2D eigenvalue weighted by molar-refractivity contribution is 0.0601. The summed E-state index contributed by atoms with van der Waals surface area (Å²) in [5.74, 6) is -0.572. The number of aliphatic hydroxyl groups excluding tert-OH is 1. The van der Waals surface area contributed by atoms with Gasteiger partial charge < -0.3 is 20.1 Å². The first-order chi connectivity index (χ1) is 10.0. The van der Waals surface area contributed by atoms with Crippen LogP contribution in [0, 0.1) is 0 Å². The number of carbonyl (C=O) groups is 2. The molecular formula is C14H19ClN2O4. The SMILES string of the molecule is CCCN(CCO)C(=O)Nc1ccc(Cl)c(C(=O)OC)c1. The Labute approximate surface area is 128 Å². The van der Waals surface area contributed by atoms with Crippen molar-refractivity contribution in [3.63, 3.8) is 0 Å². The number of anilines is 1. The van der Waals surface area contributed by atoms with E-state index in [2.05, 4.69) is 10.1 Å². The Balaban J connectivity index is 2.86. The summed E-state index contributed by atoms with van der Waals surface area (Å²) in [6.45, 7) is 2.61. The van der Waals surface area contributed by atoms with Gasteiger partial charge in [-0.1, -0.05) is 18.5 Å². The molecule has 7 heteroatoms. The zero-order chi connectivity index (χ0) is 15.8. The van der Waals surface area contributed by atoms with E-state index in [9.17, 15) is 9.59 Å². The van der Waals surface area contributed by atoms with E-state index < -0.39 is 5.97 Å². The number of aliphatic hydroxyl groups is 1. The van der Waals surface area contributed by atoms with E-state index in [-0.39, 0.29) is 29.8 Å². The molecule has 2 amide bonds. The van der Waals surface area contributed by atoms with Crippen LogP contribution in [0.25, 0.3) is 0 Å². The number of amides is 2. The quantitative estimate of drug-likeness (QED) is 0.790. The number of nitrogens with zero attached hydrogens (tertiary/aromatic N) is 1. The highest BCUT2D eigenvalue weighted by Crippen LogP contribution is 2.21. The first kappa shape index (κ1) is 17.3. The maximum absolute atomic E-state index is 12.1. The Kier molecular flexibility index (Phi) is 6.98. The number of hydrogen-bond donors (Lipinski definition) is 2. The molecule has 0 heterocycles. The van der Waals surface area contributed by atoms with E-state index >= 15 is 0 Å². The fourth-order valence-corrected chi connectivity index (χ4v) is 1.97. The molecule has 0 spiro atoms. The van der Waals surface area contributed by atoms with Gasteiger partial charge in [-0.3, -0.25) is 0 Å². The number of benzene rings is 1. The summed E-state index contributed by atoms with van der Waals surface area (Å²) in [4.78, 5) is 25.1. The number of rotatable bonds is 6. The Morgan fingerprint density at radius 1 is 1.38 bits per heavy atom. The highest BCUT2D eigenvalue weighted by atomic mass is 35.5. The number of hydrogen-bond acceptors (Lipinski definition) is 4. The van der Waals surface area contributed by atoms with Crippen LogP contribution in [0.4, 0.5) is 10.5 Å². The van der Waals surface area contributed by atoms with Crippen LogP contribution < -0.4 is 5.32 Å². The number of methoxy groups -OCH3 is 1. The van der Waals surface area contributed by atoms with Crippen LogP contribution in [0.5, 0.6) is 0 Å². The molecule has 0 saturated heterocycles. The van der Waals surface area contributed by atoms with Crippen LogP contribution in [0.2, 0.25) is 5.02 Å². The Morgan fingerprint density at radius 2 is 2.10 bits per heavy atom. The van der Waals surface area contributed by atoms with Crippen LogP contribution in [-0.4, -0.2) is 48.8 Å². The fraction of sp³-hybridized carbons (Fsp3) is 0.429. The third-order valence-corrected chi connectivity index (χ3v) is 3.10. The molecule has 21 heavy (non-hydrogen) atoms. The van der Waals surface area contributed by atoms with Crippen molar-refractivity contribution in [2.75, 3.05) is 32.1 Å². The molecule has 0 saturated carbocycles. The molecule has 0 atom stereocenters. The molecule has 1 rings (SSSR count). The molecule has 6 nitrogen and oxygen atoms in total. The highest BCUT2D eigenvalue weighted by Gasteiger charge is 2.15. The minimum Gasteiger partial charge on any atom is -0.465 e. The van der Waals surface area contributed by atoms with E-state index in [4.69, 9.17) is 16.7 Å². The van der Waals surface area contributed by atoms with Gasteiger partial charge >= 0.3 is 12.0 Å². The molecular weight excluding hydrogens is 296 g/mol. The largest absolute Gasteiger partial charge is 0.465 e. The molecule has 0 radical (unpaired) electrons. The lowest BCUT2D eigenvalue weighted by Gasteiger charge is -2.21. The van der Waals surface area contributed by atoms with Gasteiger partial charge in [0, 0.05) is 18.8 Å². The van der Waals surface area contributed by atoms with Gasteiger partial charge in [0.2, 0.25) is 0 Å². The average molecular weight is 315 g/mol. The van der Waals surface area contributed by atoms with Crippen LogP contribution in [0.15, 0.2) is 18.2 Å². The average Bonchev–Trinajstić information content (AvgIpc) is 2.48. The first-order valence-electron chi connectivity index (χ1n) is 6.58. The molecule has 0 bridgehead atoms. The molecule has 0 aliphatic rings. The zero-order valence-corrected chi connectivity index (χ0v) is 12.8. The summed E-state index contributed by atoms with van der Waals surface area (Å²) in [6, 6.07) is 4.22. The van der Waals surface area contributed by atoms with Gasteiger partial charge in [0.15, 0.2) is 0 Å². The molecule has 0 aliphatic carbocycles. The summed E-state index contributed by atoms with van der Waals surface area (Å²) in [7, 11) is 1.26. The van der Waals surface area contributed by atoms with Gasteiger partial charge in [-0.05, 0) is 24.6 Å². The van der Waals surface area contributed by atoms with E-state index in [0.717, 1.165) is 6.42 Å². The predicted octanol–water partition coefficient (Wildman–Crippen LogP) is 2.36. The second kappa shape index (κ2) is 8.49. The summed E-state index contributed by atoms with van der Waals surface area (Å²) >= 11 is 5.91. The Hall–Kier alpha value is -1.79. The maximum Gasteiger partial charge on any atom is 0.339 e. The van der Waals surface area contributed by atoms with Gasteiger partial charge in [0.05, 0.1) is 24.3 Å². The normalized spacial score (nSPS) is 10.1. The van der Waals surface area contributed by atoms with Crippen molar-refractivity contribution in [1.82, 2.24) is 4.90 Å². The number of esters is 1. The van der Waals surface area contributed by atoms with Gasteiger partial charge in [-0.2, -0.15) is 0 Å². The van der Waals surface area contributed by atoms with Crippen molar-refractivity contribution < 1.29 is 19.4 Å². The van der Waals surface area contributed by atoms with Crippen LogP contribution in [0.1, 0.15) is 23.7 Å². The number of halogens is 1. The van der Waals surface area contributed by atoms with Gasteiger partial charge in [0.25, 0.3) is 0 Å². The molecule has 0 fully saturated rings. The van der Waals surface area contributed by atoms with Crippen molar-refractivity contribution in [2.24, 2.45) is 0 Å². The van der Waals surface area contributed by atoms with E-state index in [0.29, 0.717) is 12.2 Å². The first-order valence-corrected chi connectivity index (χ1v) is 6.95. The van der Waals surface area contributed by atoms with E-state index in [1.807, 2.05) is 6.92 Å². The summed E-state index contributed by atoms with van der Waals surface area (Å²) in [6.07, 6.45) is 0.779. The second-order valence-electron chi connectivity index (χ2n) is 4.33. The minimum absolute atomic E-state index is 0.110. The summed E-state index contributed by atoms with van der Waals surface area (Å²) in [5, 5.41) is 11.9. The molecule has 0 unspecified atom stereocenters.